The van der Waals surface area contributed by atoms with Gasteiger partial charge in [0.2, 0.25) is 5.91 Å². The molecule has 0 spiro atoms. The van der Waals surface area contributed by atoms with Gasteiger partial charge in [-0.15, -0.1) is 0 Å². The summed E-state index contributed by atoms with van der Waals surface area (Å²) in [5, 5.41) is 2.81. The Kier molecular flexibility index (Phi) is 5.33. The van der Waals surface area contributed by atoms with Crippen LogP contribution in [0.3, 0.4) is 0 Å². The van der Waals surface area contributed by atoms with E-state index in [0.717, 1.165) is 16.8 Å². The number of hydrogen-bond donors (Lipinski definition) is 1. The first-order valence-electron chi connectivity index (χ1n) is 10.6. The highest BCUT2D eigenvalue weighted by Gasteiger charge is 2.47. The molecule has 1 N–H and O–H groups in total. The molecule has 1 fully saturated rings. The predicted molar refractivity (Wildman–Crippen MR) is 118 cm³/mol. The molecule has 162 valence electrons. The summed E-state index contributed by atoms with van der Waals surface area (Å²) in [5.41, 5.74) is 1.92. The Morgan fingerprint density at radius 2 is 1.87 bits per heavy atom. The number of fused-ring (bicyclic) bond motifs is 1. The van der Waals surface area contributed by atoms with Gasteiger partial charge in [0.1, 0.15) is 5.60 Å². The number of rotatable bonds is 4. The van der Waals surface area contributed by atoms with E-state index in [2.05, 4.69) is 5.32 Å². The number of ketones is 1. The molecule has 1 unspecified atom stereocenters. The van der Waals surface area contributed by atoms with E-state index in [1.807, 2.05) is 57.2 Å². The first-order chi connectivity index (χ1) is 14.7. The Labute approximate surface area is 182 Å². The number of nitrogens with one attached hydrogen (secondary N) is 1. The van der Waals surface area contributed by atoms with E-state index in [9.17, 15) is 14.4 Å². The molecule has 6 heteroatoms. The molecular weight excluding hydrogens is 392 g/mol. The van der Waals surface area contributed by atoms with Gasteiger partial charge in [0.15, 0.2) is 5.78 Å². The Hall–Kier alpha value is -3.15. The first kappa shape index (κ1) is 21.1. The summed E-state index contributed by atoms with van der Waals surface area (Å²) < 4.78 is 5.55. The van der Waals surface area contributed by atoms with Crippen molar-refractivity contribution in [2.45, 2.75) is 45.6 Å². The highest BCUT2D eigenvalue weighted by atomic mass is 16.6. The van der Waals surface area contributed by atoms with Gasteiger partial charge in [0, 0.05) is 24.3 Å². The quantitative estimate of drug-likeness (QED) is 0.751. The molecule has 2 aromatic carbocycles. The van der Waals surface area contributed by atoms with Gasteiger partial charge in [-0.3, -0.25) is 9.59 Å². The maximum Gasteiger partial charge on any atom is 0.410 e. The van der Waals surface area contributed by atoms with Crippen LogP contribution in [0.15, 0.2) is 48.5 Å². The summed E-state index contributed by atoms with van der Waals surface area (Å²) >= 11 is 0. The average molecular weight is 421 g/mol. The summed E-state index contributed by atoms with van der Waals surface area (Å²) in [5.74, 6) is -0.0554. The normalized spacial score (nSPS) is 20.4. The lowest BCUT2D eigenvalue weighted by Crippen LogP contribution is -2.40. The van der Waals surface area contributed by atoms with Crippen molar-refractivity contribution < 1.29 is 19.1 Å². The third-order valence-corrected chi connectivity index (χ3v) is 5.87. The zero-order chi connectivity index (χ0) is 22.2. The molecule has 1 saturated heterocycles. The first-order valence-corrected chi connectivity index (χ1v) is 10.6. The number of likely N-dealkylation sites (tertiary alicyclic amines) is 1. The number of benzene rings is 2. The van der Waals surface area contributed by atoms with E-state index in [1.165, 1.54) is 0 Å². The highest BCUT2D eigenvalue weighted by molar-refractivity contribution is 6.04. The number of hydrogen-bond acceptors (Lipinski definition) is 4. The van der Waals surface area contributed by atoms with Gasteiger partial charge in [-0.25, -0.2) is 4.79 Å². The summed E-state index contributed by atoms with van der Waals surface area (Å²) in [4.78, 5) is 39.9. The van der Waals surface area contributed by atoms with Crippen molar-refractivity contribution in [1.82, 2.24) is 4.90 Å². The van der Waals surface area contributed by atoms with Crippen LogP contribution in [0.25, 0.3) is 0 Å². The zero-order valence-electron chi connectivity index (χ0n) is 18.2. The monoisotopic (exact) mass is 420 g/mol. The largest absolute Gasteiger partial charge is 0.444 e. The van der Waals surface area contributed by atoms with Gasteiger partial charge in [0.05, 0.1) is 11.8 Å². The molecule has 1 atom stereocenters. The topological polar surface area (TPSA) is 75.7 Å². The van der Waals surface area contributed by atoms with Crippen LogP contribution in [0.4, 0.5) is 10.5 Å². The number of anilines is 1. The van der Waals surface area contributed by atoms with Crippen molar-refractivity contribution >= 4 is 23.5 Å². The van der Waals surface area contributed by atoms with Crippen LogP contribution in [0.5, 0.6) is 0 Å². The van der Waals surface area contributed by atoms with Crippen molar-refractivity contribution in [3.8, 4) is 0 Å². The molecule has 2 aromatic rings. The number of nitrogens with zero attached hydrogens (tertiary/aromatic N) is 1. The van der Waals surface area contributed by atoms with Crippen LogP contribution in [0.1, 0.15) is 48.7 Å². The van der Waals surface area contributed by atoms with Crippen LogP contribution >= 0.6 is 0 Å². The summed E-state index contributed by atoms with van der Waals surface area (Å²) in [6, 6.07) is 15.3. The summed E-state index contributed by atoms with van der Waals surface area (Å²) in [6.45, 7) is 6.29. The van der Waals surface area contributed by atoms with E-state index in [4.69, 9.17) is 4.74 Å². The minimum Gasteiger partial charge on any atom is -0.444 e. The van der Waals surface area contributed by atoms with Crippen LogP contribution in [-0.2, 0) is 22.4 Å². The fourth-order valence-electron chi connectivity index (χ4n) is 4.43. The van der Waals surface area contributed by atoms with Crippen LogP contribution in [-0.4, -0.2) is 41.4 Å². The smallest absolute Gasteiger partial charge is 0.410 e. The lowest BCUT2D eigenvalue weighted by atomic mass is 9.74. The maximum absolute atomic E-state index is 13.8. The van der Waals surface area contributed by atoms with Crippen LogP contribution in [0, 0.1) is 5.41 Å². The molecule has 31 heavy (non-hydrogen) atoms. The third-order valence-electron chi connectivity index (χ3n) is 5.87. The molecule has 2 heterocycles. The average Bonchev–Trinajstić information content (AvgIpc) is 3.30. The summed E-state index contributed by atoms with van der Waals surface area (Å²) in [7, 11) is 0. The second-order valence-electron chi connectivity index (χ2n) is 9.52. The van der Waals surface area contributed by atoms with E-state index in [-0.39, 0.29) is 24.2 Å². The Bertz CT molecular complexity index is 1030. The van der Waals surface area contributed by atoms with Gasteiger partial charge in [0.25, 0.3) is 0 Å². The van der Waals surface area contributed by atoms with Crippen molar-refractivity contribution in [3.05, 3.63) is 65.2 Å². The molecule has 0 aliphatic carbocycles. The second-order valence-corrected chi connectivity index (χ2v) is 9.52. The van der Waals surface area contributed by atoms with Gasteiger partial charge in [-0.05, 0) is 62.9 Å². The molecule has 0 aromatic heterocycles. The minimum absolute atomic E-state index is 0.00422. The standard InChI is InChI=1S/C25H28N2O4/c1-24(2,3)31-23(30)27-12-11-25(16-27,15-17-7-5-4-6-8-17)22(29)18-9-10-20-19(13-18)14-21(28)26-20/h4-10,13H,11-12,14-16H2,1-3H3,(H,26,28). The number of amides is 2. The molecule has 2 aliphatic rings. The lowest BCUT2D eigenvalue weighted by Gasteiger charge is -2.29. The SMILES string of the molecule is CC(C)(C)OC(=O)N1CCC(Cc2ccccc2)(C(=O)c2ccc3c(c2)CC(=O)N3)C1. The molecule has 0 bridgehead atoms. The second kappa shape index (κ2) is 7.84. The lowest BCUT2D eigenvalue weighted by molar-refractivity contribution is -0.115. The maximum atomic E-state index is 13.8. The van der Waals surface area contributed by atoms with E-state index in [0.29, 0.717) is 31.5 Å². The molecule has 2 amide bonds. The van der Waals surface area contributed by atoms with Gasteiger partial charge < -0.3 is 15.0 Å². The number of carbonyl (C=O) groups is 3. The Balaban J connectivity index is 1.64. The van der Waals surface area contributed by atoms with Crippen molar-refractivity contribution in [3.63, 3.8) is 0 Å². The van der Waals surface area contributed by atoms with Crippen LogP contribution in [0.2, 0.25) is 0 Å². The van der Waals surface area contributed by atoms with E-state index >= 15 is 0 Å². The molecule has 0 saturated carbocycles. The van der Waals surface area contributed by atoms with E-state index in [1.54, 1.807) is 17.0 Å². The number of Topliss-reactive ketones (excluding diaryl/α,β-unsaturated/α-hetero) is 1. The molecular formula is C25H28N2O4. The van der Waals surface area contributed by atoms with E-state index < -0.39 is 11.0 Å². The summed E-state index contributed by atoms with van der Waals surface area (Å²) in [6.07, 6.45) is 1.000. The predicted octanol–water partition coefficient (Wildman–Crippen LogP) is 4.23. The zero-order valence-corrected chi connectivity index (χ0v) is 18.2. The Morgan fingerprint density at radius 1 is 1.13 bits per heavy atom. The van der Waals surface area contributed by atoms with Crippen LogP contribution < -0.4 is 5.32 Å². The third kappa shape index (κ3) is 4.48. The molecule has 4 rings (SSSR count). The molecule has 2 aliphatic heterocycles. The van der Waals surface area contributed by atoms with Gasteiger partial charge in [-0.1, -0.05) is 30.3 Å². The molecule has 0 radical (unpaired) electrons. The fraction of sp³-hybridized carbons (Fsp3) is 0.400. The number of ether oxygens (including phenoxy) is 1. The van der Waals surface area contributed by atoms with Crippen molar-refractivity contribution in [1.29, 1.82) is 0 Å². The molecule has 6 nitrogen and oxygen atoms in total. The highest BCUT2D eigenvalue weighted by Crippen LogP contribution is 2.39. The van der Waals surface area contributed by atoms with Gasteiger partial charge in [-0.2, -0.15) is 0 Å². The van der Waals surface area contributed by atoms with Crippen molar-refractivity contribution in [2.75, 3.05) is 18.4 Å². The number of carbonyl (C=O) groups excluding carboxylic acids is 3. The fourth-order valence-corrected chi connectivity index (χ4v) is 4.43. The Morgan fingerprint density at radius 3 is 2.58 bits per heavy atom. The van der Waals surface area contributed by atoms with Crippen molar-refractivity contribution in [2.24, 2.45) is 5.41 Å². The van der Waals surface area contributed by atoms with Gasteiger partial charge >= 0.3 is 6.09 Å². The minimum atomic E-state index is -0.734.